The molecule has 0 bridgehead atoms. The molecular weight excluding hydrogens is 233 g/mol. The molecule has 0 spiro atoms. The summed E-state index contributed by atoms with van der Waals surface area (Å²) in [5.41, 5.74) is 0.624. The van der Waals surface area contributed by atoms with Gasteiger partial charge in [0.25, 0.3) is 5.91 Å². The number of carbonyl (C=O) groups excluding carboxylic acids is 1. The van der Waals surface area contributed by atoms with Crippen molar-refractivity contribution in [2.45, 2.75) is 0 Å². The lowest BCUT2D eigenvalue weighted by Crippen LogP contribution is -2.13. The minimum Gasteiger partial charge on any atom is -0.319 e. The van der Waals surface area contributed by atoms with E-state index in [0.717, 1.165) is 6.07 Å². The van der Waals surface area contributed by atoms with Gasteiger partial charge in [0.05, 0.1) is 17.3 Å². The zero-order valence-electron chi connectivity index (χ0n) is 9.22. The maximum absolute atomic E-state index is 13.5. The van der Waals surface area contributed by atoms with E-state index in [2.05, 4.69) is 10.3 Å². The molecule has 0 aliphatic carbocycles. The van der Waals surface area contributed by atoms with E-state index in [4.69, 9.17) is 5.26 Å². The molecule has 0 atom stereocenters. The quantitative estimate of drug-likeness (QED) is 0.877. The Labute approximate surface area is 103 Å². The molecule has 0 aliphatic rings. The van der Waals surface area contributed by atoms with E-state index in [9.17, 15) is 9.18 Å². The van der Waals surface area contributed by atoms with Crippen molar-refractivity contribution >= 4 is 11.6 Å². The van der Waals surface area contributed by atoms with Gasteiger partial charge in [-0.1, -0.05) is 0 Å². The lowest BCUT2D eigenvalue weighted by atomic mass is 10.2. The summed E-state index contributed by atoms with van der Waals surface area (Å²) in [6, 6.07) is 8.73. The fraction of sp³-hybridized carbons (Fsp3) is 0. The van der Waals surface area contributed by atoms with Crippen LogP contribution in [0.25, 0.3) is 0 Å². The summed E-state index contributed by atoms with van der Waals surface area (Å²) in [5.74, 6) is -1.07. The number of nitriles is 1. The third kappa shape index (κ3) is 2.50. The van der Waals surface area contributed by atoms with Gasteiger partial charge in [-0.25, -0.2) is 4.39 Å². The molecule has 1 aromatic carbocycles. The van der Waals surface area contributed by atoms with Crippen molar-refractivity contribution in [3.05, 3.63) is 59.7 Å². The zero-order valence-corrected chi connectivity index (χ0v) is 9.22. The molecule has 0 saturated carbocycles. The van der Waals surface area contributed by atoms with E-state index in [1.54, 1.807) is 0 Å². The third-order valence-electron chi connectivity index (χ3n) is 2.29. The van der Waals surface area contributed by atoms with Gasteiger partial charge in [-0.2, -0.15) is 5.26 Å². The van der Waals surface area contributed by atoms with Gasteiger partial charge in [0, 0.05) is 18.0 Å². The van der Waals surface area contributed by atoms with E-state index in [1.807, 2.05) is 6.07 Å². The van der Waals surface area contributed by atoms with E-state index in [0.29, 0.717) is 5.56 Å². The normalized spacial score (nSPS) is 9.56. The van der Waals surface area contributed by atoms with E-state index >= 15 is 0 Å². The Morgan fingerprint density at radius 2 is 2.00 bits per heavy atom. The minimum atomic E-state index is -0.642. The first-order valence-corrected chi connectivity index (χ1v) is 5.12. The van der Waals surface area contributed by atoms with Crippen LogP contribution in [0.1, 0.15) is 15.9 Å². The number of hydrogen-bond acceptors (Lipinski definition) is 3. The highest BCUT2D eigenvalue weighted by Gasteiger charge is 2.09. The van der Waals surface area contributed by atoms with Crippen LogP contribution in [0.4, 0.5) is 10.1 Å². The van der Waals surface area contributed by atoms with Crippen LogP contribution in [0.15, 0.2) is 42.7 Å². The van der Waals surface area contributed by atoms with Gasteiger partial charge in [0.2, 0.25) is 0 Å². The molecule has 1 heterocycles. The average Bonchev–Trinajstić information content (AvgIpc) is 2.42. The van der Waals surface area contributed by atoms with Crippen molar-refractivity contribution in [2.24, 2.45) is 0 Å². The van der Waals surface area contributed by atoms with Crippen LogP contribution >= 0.6 is 0 Å². The second-order valence-corrected chi connectivity index (χ2v) is 3.50. The second kappa shape index (κ2) is 5.06. The molecule has 1 amide bonds. The summed E-state index contributed by atoms with van der Waals surface area (Å²) in [4.78, 5) is 15.5. The van der Waals surface area contributed by atoms with Crippen LogP contribution in [0.5, 0.6) is 0 Å². The number of pyridine rings is 1. The maximum atomic E-state index is 13.5. The number of carbonyl (C=O) groups is 1. The Morgan fingerprint density at radius 3 is 2.61 bits per heavy atom. The van der Waals surface area contributed by atoms with Gasteiger partial charge in [0.1, 0.15) is 5.82 Å². The van der Waals surface area contributed by atoms with Crippen LogP contribution in [0.3, 0.4) is 0 Å². The van der Waals surface area contributed by atoms with Crippen LogP contribution in [0, 0.1) is 17.1 Å². The van der Waals surface area contributed by atoms with Gasteiger partial charge in [-0.05, 0) is 30.3 Å². The molecule has 0 radical (unpaired) electrons. The largest absolute Gasteiger partial charge is 0.319 e. The number of nitrogens with zero attached hydrogens (tertiary/aromatic N) is 2. The molecule has 0 unspecified atom stereocenters. The number of rotatable bonds is 2. The highest BCUT2D eigenvalue weighted by Crippen LogP contribution is 2.16. The summed E-state index contributed by atoms with van der Waals surface area (Å²) in [5, 5.41) is 11.0. The van der Waals surface area contributed by atoms with Gasteiger partial charge in [-0.15, -0.1) is 0 Å². The maximum Gasteiger partial charge on any atom is 0.255 e. The SMILES string of the molecule is N#Cc1ccc(NC(=O)c2ccncc2)c(F)c1. The number of aromatic nitrogens is 1. The molecular formula is C13H8FN3O. The number of nitrogens with one attached hydrogen (secondary N) is 1. The smallest absolute Gasteiger partial charge is 0.255 e. The lowest BCUT2D eigenvalue weighted by Gasteiger charge is -2.06. The molecule has 0 saturated heterocycles. The molecule has 18 heavy (non-hydrogen) atoms. The Kier molecular flexibility index (Phi) is 3.30. The Balaban J connectivity index is 2.20. The number of halogens is 1. The molecule has 5 heteroatoms. The van der Waals surface area contributed by atoms with Crippen LogP contribution in [0.2, 0.25) is 0 Å². The number of amides is 1. The molecule has 0 fully saturated rings. The van der Waals surface area contributed by atoms with Crippen molar-refractivity contribution < 1.29 is 9.18 Å². The highest BCUT2D eigenvalue weighted by molar-refractivity contribution is 6.04. The van der Waals surface area contributed by atoms with Crippen molar-refractivity contribution in [3.63, 3.8) is 0 Å². The van der Waals surface area contributed by atoms with Crippen molar-refractivity contribution in [1.29, 1.82) is 5.26 Å². The minimum absolute atomic E-state index is 0.0378. The fourth-order valence-electron chi connectivity index (χ4n) is 1.38. The first kappa shape index (κ1) is 11.7. The molecule has 0 aliphatic heterocycles. The average molecular weight is 241 g/mol. The van der Waals surface area contributed by atoms with E-state index < -0.39 is 11.7 Å². The van der Waals surface area contributed by atoms with Gasteiger partial charge in [-0.3, -0.25) is 9.78 Å². The second-order valence-electron chi connectivity index (χ2n) is 3.50. The molecule has 1 aromatic heterocycles. The van der Waals surface area contributed by atoms with E-state index in [-0.39, 0.29) is 11.3 Å². The standard InChI is InChI=1S/C13H8FN3O/c14-11-7-9(8-15)1-2-12(11)17-13(18)10-3-5-16-6-4-10/h1-7H,(H,17,18). The van der Waals surface area contributed by atoms with Gasteiger partial charge < -0.3 is 5.32 Å². The van der Waals surface area contributed by atoms with Gasteiger partial charge >= 0.3 is 0 Å². The Hall–Kier alpha value is -2.74. The topological polar surface area (TPSA) is 65.8 Å². The summed E-state index contributed by atoms with van der Waals surface area (Å²) in [7, 11) is 0. The predicted octanol–water partition coefficient (Wildman–Crippen LogP) is 2.34. The Bertz CT molecular complexity index is 620. The summed E-state index contributed by atoms with van der Waals surface area (Å²) in [6.07, 6.45) is 2.95. The zero-order chi connectivity index (χ0) is 13.0. The summed E-state index contributed by atoms with van der Waals surface area (Å²) >= 11 is 0. The number of benzene rings is 1. The van der Waals surface area contributed by atoms with Crippen molar-refractivity contribution in [3.8, 4) is 6.07 Å². The highest BCUT2D eigenvalue weighted by atomic mass is 19.1. The predicted molar refractivity (Wildman–Crippen MR) is 63.3 cm³/mol. The van der Waals surface area contributed by atoms with Crippen LogP contribution < -0.4 is 5.32 Å². The van der Waals surface area contributed by atoms with Gasteiger partial charge in [0.15, 0.2) is 0 Å². The fourth-order valence-corrected chi connectivity index (χ4v) is 1.38. The summed E-state index contributed by atoms with van der Waals surface area (Å²) < 4.78 is 13.5. The molecule has 88 valence electrons. The third-order valence-corrected chi connectivity index (χ3v) is 2.29. The molecule has 2 rings (SSSR count). The number of anilines is 1. The molecule has 4 nitrogen and oxygen atoms in total. The van der Waals surface area contributed by atoms with Crippen LogP contribution in [-0.4, -0.2) is 10.9 Å². The first-order valence-electron chi connectivity index (χ1n) is 5.12. The van der Waals surface area contributed by atoms with Crippen molar-refractivity contribution in [2.75, 3.05) is 5.32 Å². The summed E-state index contributed by atoms with van der Waals surface area (Å²) in [6.45, 7) is 0. The number of hydrogen-bond donors (Lipinski definition) is 1. The van der Waals surface area contributed by atoms with Crippen molar-refractivity contribution in [1.82, 2.24) is 4.98 Å². The molecule has 1 N–H and O–H groups in total. The Morgan fingerprint density at radius 1 is 1.28 bits per heavy atom. The lowest BCUT2D eigenvalue weighted by molar-refractivity contribution is 0.102. The van der Waals surface area contributed by atoms with E-state index in [1.165, 1.54) is 36.7 Å². The van der Waals surface area contributed by atoms with Crippen LogP contribution in [-0.2, 0) is 0 Å². The first-order chi connectivity index (χ1) is 8.70. The molecule has 2 aromatic rings. The monoisotopic (exact) mass is 241 g/mol.